The maximum Gasteiger partial charge on any atom is 0.337 e. The second-order valence-electron chi connectivity index (χ2n) is 3.19. The van der Waals surface area contributed by atoms with Crippen molar-refractivity contribution in [3.05, 3.63) is 42.0 Å². The van der Waals surface area contributed by atoms with E-state index in [-0.39, 0.29) is 0 Å². The lowest BCUT2D eigenvalue weighted by Gasteiger charge is -2.07. The third-order valence-corrected chi connectivity index (χ3v) is 2.01. The lowest BCUT2D eigenvalue weighted by molar-refractivity contribution is -0.146. The molecule has 86 valence electrons. The van der Waals surface area contributed by atoms with Crippen LogP contribution in [0.4, 0.5) is 0 Å². The van der Waals surface area contributed by atoms with Crippen LogP contribution in [-0.2, 0) is 4.79 Å². The Hall–Kier alpha value is -1.81. The number of carboxylic acids is 1. The van der Waals surface area contributed by atoms with Gasteiger partial charge in [0, 0.05) is 0 Å². The molecule has 0 aliphatic heterocycles. The molecular formula is C12H14O4. The highest BCUT2D eigenvalue weighted by Crippen LogP contribution is 2.17. The Labute approximate surface area is 93.8 Å². The van der Waals surface area contributed by atoms with Crippen molar-refractivity contribution in [3.8, 4) is 5.75 Å². The minimum Gasteiger partial charge on any atom is -0.490 e. The molecule has 0 saturated carbocycles. The standard InChI is InChI=1S/C12H14O4/c1-2-3-8-16-10-6-4-9(5-7-10)11(13)12(14)15/h2-7,11,13H,8H2,1H3,(H,14,15). The van der Waals surface area contributed by atoms with E-state index in [0.29, 0.717) is 17.9 Å². The van der Waals surface area contributed by atoms with Crippen LogP contribution in [0.15, 0.2) is 36.4 Å². The van der Waals surface area contributed by atoms with Crippen LogP contribution in [0.5, 0.6) is 5.75 Å². The van der Waals surface area contributed by atoms with Crippen molar-refractivity contribution >= 4 is 5.97 Å². The van der Waals surface area contributed by atoms with Gasteiger partial charge < -0.3 is 14.9 Å². The number of aliphatic hydroxyl groups is 1. The van der Waals surface area contributed by atoms with E-state index in [9.17, 15) is 9.90 Å². The first kappa shape index (κ1) is 12.3. The number of hydrogen-bond acceptors (Lipinski definition) is 3. The topological polar surface area (TPSA) is 66.8 Å². The van der Waals surface area contributed by atoms with Gasteiger partial charge in [-0.1, -0.05) is 24.3 Å². The first-order valence-corrected chi connectivity index (χ1v) is 4.90. The number of rotatable bonds is 5. The van der Waals surface area contributed by atoms with Crippen molar-refractivity contribution in [1.82, 2.24) is 0 Å². The molecule has 0 aliphatic carbocycles. The molecule has 1 aromatic carbocycles. The molecule has 0 bridgehead atoms. The van der Waals surface area contributed by atoms with Gasteiger partial charge in [-0.25, -0.2) is 4.79 Å². The van der Waals surface area contributed by atoms with Crippen molar-refractivity contribution in [1.29, 1.82) is 0 Å². The van der Waals surface area contributed by atoms with Crippen LogP contribution in [0, 0.1) is 0 Å². The van der Waals surface area contributed by atoms with Crippen LogP contribution < -0.4 is 4.74 Å². The van der Waals surface area contributed by atoms with Crippen molar-refractivity contribution in [2.45, 2.75) is 13.0 Å². The Morgan fingerprint density at radius 3 is 2.56 bits per heavy atom. The predicted octanol–water partition coefficient (Wildman–Crippen LogP) is 1.76. The number of hydrogen-bond donors (Lipinski definition) is 2. The molecule has 0 amide bonds. The van der Waals surface area contributed by atoms with Gasteiger partial charge in [-0.2, -0.15) is 0 Å². The van der Waals surface area contributed by atoms with Crippen LogP contribution in [0.1, 0.15) is 18.6 Å². The zero-order valence-electron chi connectivity index (χ0n) is 8.96. The summed E-state index contributed by atoms with van der Waals surface area (Å²) in [6.07, 6.45) is 2.26. The molecule has 0 heterocycles. The molecule has 4 heteroatoms. The van der Waals surface area contributed by atoms with Crippen LogP contribution in [-0.4, -0.2) is 22.8 Å². The van der Waals surface area contributed by atoms with Gasteiger partial charge in [-0.05, 0) is 24.6 Å². The second-order valence-corrected chi connectivity index (χ2v) is 3.19. The second kappa shape index (κ2) is 5.92. The zero-order chi connectivity index (χ0) is 12.0. The maximum atomic E-state index is 10.5. The molecule has 0 aliphatic rings. The zero-order valence-corrected chi connectivity index (χ0v) is 8.96. The van der Waals surface area contributed by atoms with E-state index in [1.165, 1.54) is 12.1 Å². The highest BCUT2D eigenvalue weighted by Gasteiger charge is 2.15. The first-order valence-electron chi connectivity index (χ1n) is 4.90. The smallest absolute Gasteiger partial charge is 0.337 e. The molecule has 0 fully saturated rings. The van der Waals surface area contributed by atoms with Crippen molar-refractivity contribution in [2.75, 3.05) is 6.61 Å². The minimum atomic E-state index is -1.48. The predicted molar refractivity (Wildman–Crippen MR) is 59.3 cm³/mol. The quantitative estimate of drug-likeness (QED) is 0.745. The molecule has 4 nitrogen and oxygen atoms in total. The summed E-state index contributed by atoms with van der Waals surface area (Å²) in [5.41, 5.74) is 0.339. The number of ether oxygens (including phenoxy) is 1. The van der Waals surface area contributed by atoms with Crippen molar-refractivity contribution in [3.63, 3.8) is 0 Å². The van der Waals surface area contributed by atoms with E-state index in [2.05, 4.69) is 0 Å². The molecule has 0 radical (unpaired) electrons. The number of allylic oxidation sites excluding steroid dienone is 1. The molecule has 1 aromatic rings. The van der Waals surface area contributed by atoms with E-state index >= 15 is 0 Å². The van der Waals surface area contributed by atoms with Gasteiger partial charge in [0.25, 0.3) is 0 Å². The Kier molecular flexibility index (Phi) is 4.54. The third-order valence-electron chi connectivity index (χ3n) is 2.01. The van der Waals surface area contributed by atoms with Gasteiger partial charge in [0.2, 0.25) is 0 Å². The number of carboxylic acid groups (broad SMARTS) is 1. The number of aliphatic hydroxyl groups excluding tert-OH is 1. The van der Waals surface area contributed by atoms with Crippen LogP contribution in [0.25, 0.3) is 0 Å². The van der Waals surface area contributed by atoms with Crippen LogP contribution in [0.3, 0.4) is 0 Å². The summed E-state index contributed by atoms with van der Waals surface area (Å²) in [6, 6.07) is 6.32. The highest BCUT2D eigenvalue weighted by molar-refractivity contribution is 5.74. The highest BCUT2D eigenvalue weighted by atomic mass is 16.5. The summed E-state index contributed by atoms with van der Waals surface area (Å²) in [5.74, 6) is -0.623. The van der Waals surface area contributed by atoms with Gasteiger partial charge in [-0.15, -0.1) is 0 Å². The molecule has 1 rings (SSSR count). The fourth-order valence-corrected chi connectivity index (χ4v) is 1.13. The van der Waals surface area contributed by atoms with Crippen molar-refractivity contribution < 1.29 is 19.7 Å². The van der Waals surface area contributed by atoms with Gasteiger partial charge in [0.1, 0.15) is 12.4 Å². The minimum absolute atomic E-state index is 0.339. The van der Waals surface area contributed by atoms with E-state index in [1.807, 2.05) is 19.1 Å². The Morgan fingerprint density at radius 1 is 1.44 bits per heavy atom. The van der Waals surface area contributed by atoms with Crippen molar-refractivity contribution in [2.24, 2.45) is 0 Å². The Bertz CT molecular complexity index is 367. The summed E-state index contributed by atoms with van der Waals surface area (Å²) in [6.45, 7) is 2.37. The fraction of sp³-hybridized carbons (Fsp3) is 0.250. The number of benzene rings is 1. The van der Waals surface area contributed by atoms with Gasteiger partial charge >= 0.3 is 5.97 Å². The molecule has 1 unspecified atom stereocenters. The molecule has 1 atom stereocenters. The average molecular weight is 222 g/mol. The molecule has 0 aromatic heterocycles. The largest absolute Gasteiger partial charge is 0.490 e. The molecule has 0 spiro atoms. The Balaban J connectivity index is 2.64. The van der Waals surface area contributed by atoms with Gasteiger partial charge in [-0.3, -0.25) is 0 Å². The maximum absolute atomic E-state index is 10.5. The Morgan fingerprint density at radius 2 is 2.06 bits per heavy atom. The molecule has 0 saturated heterocycles. The van der Waals surface area contributed by atoms with E-state index in [0.717, 1.165) is 0 Å². The first-order chi connectivity index (χ1) is 7.65. The lowest BCUT2D eigenvalue weighted by atomic mass is 10.1. The summed E-state index contributed by atoms with van der Waals surface area (Å²) in [7, 11) is 0. The summed E-state index contributed by atoms with van der Waals surface area (Å²) in [4.78, 5) is 10.5. The van der Waals surface area contributed by atoms with E-state index in [1.54, 1.807) is 12.1 Å². The van der Waals surface area contributed by atoms with Gasteiger partial charge in [0.15, 0.2) is 6.10 Å². The SMILES string of the molecule is CC=CCOc1ccc(C(O)C(=O)O)cc1. The normalized spacial score (nSPS) is 12.6. The monoisotopic (exact) mass is 222 g/mol. The summed E-state index contributed by atoms with van der Waals surface area (Å²) in [5, 5.41) is 17.8. The fourth-order valence-electron chi connectivity index (χ4n) is 1.13. The molecule has 16 heavy (non-hydrogen) atoms. The number of aliphatic carboxylic acids is 1. The third kappa shape index (κ3) is 3.40. The van der Waals surface area contributed by atoms with E-state index < -0.39 is 12.1 Å². The van der Waals surface area contributed by atoms with E-state index in [4.69, 9.17) is 9.84 Å². The van der Waals surface area contributed by atoms with Crippen LogP contribution >= 0.6 is 0 Å². The van der Waals surface area contributed by atoms with Gasteiger partial charge in [0.05, 0.1) is 0 Å². The van der Waals surface area contributed by atoms with Crippen LogP contribution in [0.2, 0.25) is 0 Å². The average Bonchev–Trinajstić information content (AvgIpc) is 2.29. The summed E-state index contributed by atoms with van der Waals surface area (Å²) >= 11 is 0. The summed E-state index contributed by atoms with van der Waals surface area (Å²) < 4.78 is 5.33. The number of carbonyl (C=O) groups is 1. The lowest BCUT2D eigenvalue weighted by Crippen LogP contribution is -2.10. The molecular weight excluding hydrogens is 208 g/mol. The molecule has 2 N–H and O–H groups in total.